The fourth-order valence-corrected chi connectivity index (χ4v) is 4.09. The van der Waals surface area contributed by atoms with E-state index in [9.17, 15) is 23.3 Å². The van der Waals surface area contributed by atoms with Gasteiger partial charge in [-0.1, -0.05) is 12.1 Å². The summed E-state index contributed by atoms with van der Waals surface area (Å²) in [5.41, 5.74) is 3.20. The summed E-state index contributed by atoms with van der Waals surface area (Å²) < 4.78 is 28.0. The van der Waals surface area contributed by atoms with E-state index in [0.29, 0.717) is 16.9 Å². The molecule has 3 aromatic carbocycles. The number of carbonyl (C=O) groups is 1. The number of nitrogens with one attached hydrogen (secondary N) is 2. The molecule has 0 bridgehead atoms. The van der Waals surface area contributed by atoms with E-state index in [2.05, 4.69) is 10.0 Å². The SMILES string of the molecule is Cc1ccc(C)c(NS(=O)(=O)c2ccc(NC(=O)c3ccc([N+](=O)[O-])c(C)c3)cc2)c1. The molecule has 0 saturated carbocycles. The number of nitro groups is 1. The molecule has 31 heavy (non-hydrogen) atoms. The third-order valence-electron chi connectivity index (χ3n) is 4.72. The Balaban J connectivity index is 1.75. The molecule has 0 heterocycles. The number of nitro benzene ring substituents is 1. The molecule has 0 radical (unpaired) electrons. The van der Waals surface area contributed by atoms with Crippen LogP contribution < -0.4 is 10.0 Å². The number of anilines is 2. The maximum absolute atomic E-state index is 12.7. The van der Waals surface area contributed by atoms with E-state index in [0.717, 1.165) is 11.1 Å². The highest BCUT2D eigenvalue weighted by atomic mass is 32.2. The highest BCUT2D eigenvalue weighted by molar-refractivity contribution is 7.92. The molecule has 8 nitrogen and oxygen atoms in total. The summed E-state index contributed by atoms with van der Waals surface area (Å²) in [5.74, 6) is -0.456. The standard InChI is InChI=1S/C22H21N3O5S/c1-14-4-5-15(2)20(12-14)24-31(29,30)19-9-7-18(8-10-19)23-22(26)17-6-11-21(25(27)28)16(3)13-17/h4-13,24H,1-3H3,(H,23,26). The first-order valence-corrected chi connectivity index (χ1v) is 10.8. The summed E-state index contributed by atoms with van der Waals surface area (Å²) in [5, 5.41) is 13.6. The molecule has 0 fully saturated rings. The van der Waals surface area contributed by atoms with E-state index in [4.69, 9.17) is 0 Å². The Morgan fingerprint density at radius 1 is 0.903 bits per heavy atom. The van der Waals surface area contributed by atoms with Gasteiger partial charge in [0, 0.05) is 22.9 Å². The number of hydrogen-bond donors (Lipinski definition) is 2. The van der Waals surface area contributed by atoms with Gasteiger partial charge in [-0.3, -0.25) is 19.6 Å². The number of aryl methyl sites for hydroxylation is 3. The van der Waals surface area contributed by atoms with Gasteiger partial charge in [-0.15, -0.1) is 0 Å². The maximum atomic E-state index is 12.7. The third-order valence-corrected chi connectivity index (χ3v) is 6.10. The molecule has 9 heteroatoms. The molecule has 1 amide bonds. The van der Waals surface area contributed by atoms with Crippen molar-refractivity contribution in [2.45, 2.75) is 25.7 Å². The molecule has 3 aromatic rings. The number of amides is 1. The van der Waals surface area contributed by atoms with Crippen molar-refractivity contribution in [1.82, 2.24) is 0 Å². The lowest BCUT2D eigenvalue weighted by Crippen LogP contribution is -2.15. The molecule has 0 aliphatic rings. The molecular weight excluding hydrogens is 418 g/mol. The molecule has 0 aromatic heterocycles. The summed E-state index contributed by atoms with van der Waals surface area (Å²) in [6.07, 6.45) is 0. The zero-order valence-electron chi connectivity index (χ0n) is 17.2. The van der Waals surface area contributed by atoms with Gasteiger partial charge in [-0.2, -0.15) is 0 Å². The van der Waals surface area contributed by atoms with Gasteiger partial charge in [0.15, 0.2) is 0 Å². The van der Waals surface area contributed by atoms with E-state index >= 15 is 0 Å². The zero-order valence-corrected chi connectivity index (χ0v) is 18.0. The van der Waals surface area contributed by atoms with Crippen molar-refractivity contribution in [3.63, 3.8) is 0 Å². The van der Waals surface area contributed by atoms with Gasteiger partial charge < -0.3 is 5.32 Å². The van der Waals surface area contributed by atoms with Gasteiger partial charge in [-0.05, 0) is 74.4 Å². The minimum atomic E-state index is -3.80. The predicted molar refractivity (Wildman–Crippen MR) is 119 cm³/mol. The lowest BCUT2D eigenvalue weighted by molar-refractivity contribution is -0.385. The summed E-state index contributed by atoms with van der Waals surface area (Å²) in [6, 6.07) is 15.3. The van der Waals surface area contributed by atoms with Crippen molar-refractivity contribution in [2.24, 2.45) is 0 Å². The molecule has 3 rings (SSSR count). The lowest BCUT2D eigenvalue weighted by Gasteiger charge is -2.12. The first-order chi connectivity index (χ1) is 14.6. The van der Waals surface area contributed by atoms with Crippen molar-refractivity contribution < 1.29 is 18.1 Å². The van der Waals surface area contributed by atoms with Crippen LogP contribution in [-0.4, -0.2) is 19.2 Å². The van der Waals surface area contributed by atoms with E-state index in [-0.39, 0.29) is 16.1 Å². The Morgan fingerprint density at radius 2 is 1.58 bits per heavy atom. The molecule has 0 saturated heterocycles. The summed E-state index contributed by atoms with van der Waals surface area (Å²) in [4.78, 5) is 22.9. The minimum absolute atomic E-state index is 0.0533. The number of benzene rings is 3. The van der Waals surface area contributed by atoms with Crippen LogP contribution in [0.5, 0.6) is 0 Å². The van der Waals surface area contributed by atoms with Crippen LogP contribution in [0, 0.1) is 30.9 Å². The van der Waals surface area contributed by atoms with Gasteiger partial charge in [-0.25, -0.2) is 8.42 Å². The Hall–Kier alpha value is -3.72. The van der Waals surface area contributed by atoms with Crippen LogP contribution in [0.2, 0.25) is 0 Å². The second-order valence-corrected chi connectivity index (χ2v) is 8.84. The van der Waals surface area contributed by atoms with Crippen molar-refractivity contribution in [2.75, 3.05) is 10.0 Å². The van der Waals surface area contributed by atoms with Crippen molar-refractivity contribution in [3.8, 4) is 0 Å². The Bertz CT molecular complexity index is 1270. The maximum Gasteiger partial charge on any atom is 0.272 e. The van der Waals surface area contributed by atoms with Crippen LogP contribution in [0.25, 0.3) is 0 Å². The Morgan fingerprint density at radius 3 is 2.19 bits per heavy atom. The summed E-state index contributed by atoms with van der Waals surface area (Å²) in [7, 11) is -3.80. The van der Waals surface area contributed by atoms with Crippen LogP contribution in [0.4, 0.5) is 17.1 Å². The number of nitrogens with zero attached hydrogens (tertiary/aromatic N) is 1. The highest BCUT2D eigenvalue weighted by Gasteiger charge is 2.17. The largest absolute Gasteiger partial charge is 0.322 e. The molecule has 0 unspecified atom stereocenters. The van der Waals surface area contributed by atoms with E-state index in [1.807, 2.05) is 26.0 Å². The Labute approximate surface area is 180 Å². The van der Waals surface area contributed by atoms with Crippen LogP contribution in [0.1, 0.15) is 27.0 Å². The number of rotatable bonds is 6. The van der Waals surface area contributed by atoms with E-state index in [1.165, 1.54) is 42.5 Å². The van der Waals surface area contributed by atoms with E-state index in [1.54, 1.807) is 13.0 Å². The zero-order chi connectivity index (χ0) is 22.8. The van der Waals surface area contributed by atoms with Crippen molar-refractivity contribution >= 4 is 33.0 Å². The summed E-state index contributed by atoms with van der Waals surface area (Å²) in [6.45, 7) is 5.24. The molecule has 0 atom stereocenters. The van der Waals surface area contributed by atoms with Gasteiger partial charge in [0.25, 0.3) is 21.6 Å². The average Bonchev–Trinajstić information content (AvgIpc) is 2.70. The van der Waals surface area contributed by atoms with Crippen LogP contribution >= 0.6 is 0 Å². The molecule has 160 valence electrons. The monoisotopic (exact) mass is 439 g/mol. The number of sulfonamides is 1. The van der Waals surface area contributed by atoms with Gasteiger partial charge in [0.1, 0.15) is 0 Å². The molecule has 0 aliphatic carbocycles. The van der Waals surface area contributed by atoms with Gasteiger partial charge in [0.05, 0.1) is 15.5 Å². The minimum Gasteiger partial charge on any atom is -0.322 e. The second kappa shape index (κ2) is 8.57. The molecule has 0 spiro atoms. The number of hydrogen-bond acceptors (Lipinski definition) is 5. The fourth-order valence-electron chi connectivity index (χ4n) is 2.97. The smallest absolute Gasteiger partial charge is 0.272 e. The average molecular weight is 439 g/mol. The molecule has 2 N–H and O–H groups in total. The lowest BCUT2D eigenvalue weighted by atomic mass is 10.1. The first-order valence-electron chi connectivity index (χ1n) is 9.33. The fraction of sp³-hybridized carbons (Fsp3) is 0.136. The summed E-state index contributed by atoms with van der Waals surface area (Å²) >= 11 is 0. The number of carbonyl (C=O) groups excluding carboxylic acids is 1. The van der Waals surface area contributed by atoms with Crippen molar-refractivity contribution in [3.05, 3.63) is 93.0 Å². The predicted octanol–water partition coefficient (Wildman–Crippen LogP) is 4.57. The van der Waals surface area contributed by atoms with Crippen molar-refractivity contribution in [1.29, 1.82) is 0 Å². The van der Waals surface area contributed by atoms with E-state index < -0.39 is 20.9 Å². The highest BCUT2D eigenvalue weighted by Crippen LogP contribution is 2.23. The quantitative estimate of drug-likeness (QED) is 0.431. The van der Waals surface area contributed by atoms with Crippen LogP contribution in [0.3, 0.4) is 0 Å². The topological polar surface area (TPSA) is 118 Å². The second-order valence-electron chi connectivity index (χ2n) is 7.16. The normalized spacial score (nSPS) is 11.1. The van der Waals surface area contributed by atoms with Gasteiger partial charge >= 0.3 is 0 Å². The van der Waals surface area contributed by atoms with Crippen LogP contribution in [-0.2, 0) is 10.0 Å². The molecule has 0 aliphatic heterocycles. The Kier molecular flexibility index (Phi) is 6.07. The first kappa shape index (κ1) is 22.0. The molecular formula is C22H21N3O5S. The van der Waals surface area contributed by atoms with Crippen LogP contribution in [0.15, 0.2) is 65.6 Å². The third kappa shape index (κ3) is 5.07. The van der Waals surface area contributed by atoms with Gasteiger partial charge in [0.2, 0.25) is 0 Å².